The summed E-state index contributed by atoms with van der Waals surface area (Å²) in [5.41, 5.74) is 22.8. The summed E-state index contributed by atoms with van der Waals surface area (Å²) < 4.78 is 0. The Labute approximate surface area is 361 Å². The lowest BCUT2D eigenvalue weighted by Crippen LogP contribution is -2.25. The van der Waals surface area contributed by atoms with Gasteiger partial charge in [-0.05, 0) is 113 Å². The van der Waals surface area contributed by atoms with Crippen LogP contribution in [0.15, 0.2) is 206 Å². The van der Waals surface area contributed by atoms with E-state index in [9.17, 15) is 0 Å². The summed E-state index contributed by atoms with van der Waals surface area (Å²) in [5, 5.41) is 2.56. The average Bonchev–Trinajstić information content (AvgIpc) is 3.89. The summed E-state index contributed by atoms with van der Waals surface area (Å²) in [4.78, 5) is 10.6. The van der Waals surface area contributed by atoms with Crippen LogP contribution in [0.1, 0.15) is 47.2 Å². The van der Waals surface area contributed by atoms with Gasteiger partial charge < -0.3 is 0 Å². The normalized spacial score (nSPS) is 14.2. The molecule has 1 heterocycles. The molecule has 290 valence electrons. The van der Waals surface area contributed by atoms with E-state index in [1.165, 1.54) is 88.7 Å². The number of fused-ring (bicyclic) bond motifs is 14. The van der Waals surface area contributed by atoms with Crippen LogP contribution in [-0.4, -0.2) is 9.97 Å². The van der Waals surface area contributed by atoms with Crippen LogP contribution in [0, 0.1) is 0 Å². The summed E-state index contributed by atoms with van der Waals surface area (Å²) in [6, 6.07) is 75.8. The Morgan fingerprint density at radius 2 is 0.806 bits per heavy atom. The second-order valence-electron chi connectivity index (χ2n) is 17.7. The Hall–Kier alpha value is -7.68. The summed E-state index contributed by atoms with van der Waals surface area (Å²) in [6.07, 6.45) is 0. The topological polar surface area (TPSA) is 25.8 Å². The number of benzene rings is 9. The Kier molecular flexibility index (Phi) is 7.31. The van der Waals surface area contributed by atoms with E-state index in [1.807, 2.05) is 6.07 Å². The van der Waals surface area contributed by atoms with Gasteiger partial charge in [0.1, 0.15) is 0 Å². The molecule has 62 heavy (non-hydrogen) atoms. The standard InChI is InChI=1S/C60H40N2/c1-59(2)52-26-14-22-43(57(52)48-33-40-17-6-7-18-41(40)34-53(48)59)37-27-29-38(30-28-37)55-36-56(62-58(61-55)39-15-4-3-5-16-39)42-31-32-47-46-21-10-13-25-51(46)60(54(47)35-42)49-23-11-8-19-44(49)45-20-9-12-24-50(45)60/h3-36H,1-2H3. The van der Waals surface area contributed by atoms with Gasteiger partial charge in [-0.25, -0.2) is 9.97 Å². The number of rotatable bonds is 4. The van der Waals surface area contributed by atoms with Gasteiger partial charge in [0.25, 0.3) is 0 Å². The zero-order valence-corrected chi connectivity index (χ0v) is 34.5. The smallest absolute Gasteiger partial charge is 0.160 e. The van der Waals surface area contributed by atoms with Crippen molar-refractivity contribution in [3.05, 3.63) is 240 Å². The second-order valence-corrected chi connectivity index (χ2v) is 17.7. The molecule has 0 unspecified atom stereocenters. The average molecular weight is 789 g/mol. The molecule has 1 aromatic heterocycles. The minimum atomic E-state index is -0.427. The van der Waals surface area contributed by atoms with E-state index < -0.39 is 5.41 Å². The summed E-state index contributed by atoms with van der Waals surface area (Å²) in [7, 11) is 0. The molecule has 2 heteroatoms. The number of nitrogens with zero attached hydrogens (tertiary/aromatic N) is 2. The van der Waals surface area contributed by atoms with Gasteiger partial charge in [-0.3, -0.25) is 0 Å². The predicted molar refractivity (Wildman–Crippen MR) is 255 cm³/mol. The van der Waals surface area contributed by atoms with Crippen LogP contribution >= 0.6 is 0 Å². The fourth-order valence-electron chi connectivity index (χ4n) is 11.2. The third kappa shape index (κ3) is 4.81. The Morgan fingerprint density at radius 3 is 1.47 bits per heavy atom. The van der Waals surface area contributed by atoms with E-state index in [4.69, 9.17) is 9.97 Å². The Bertz CT molecular complexity index is 3420. The minimum Gasteiger partial charge on any atom is -0.228 e. The van der Waals surface area contributed by atoms with E-state index in [0.717, 1.165) is 28.1 Å². The molecule has 3 aliphatic carbocycles. The van der Waals surface area contributed by atoms with Crippen molar-refractivity contribution >= 4 is 10.8 Å². The van der Waals surface area contributed by atoms with Crippen molar-refractivity contribution in [2.45, 2.75) is 24.7 Å². The van der Waals surface area contributed by atoms with Crippen LogP contribution in [0.5, 0.6) is 0 Å². The highest BCUT2D eigenvalue weighted by Gasteiger charge is 2.51. The van der Waals surface area contributed by atoms with Gasteiger partial charge >= 0.3 is 0 Å². The van der Waals surface area contributed by atoms with Crippen LogP contribution in [0.2, 0.25) is 0 Å². The maximum absolute atomic E-state index is 5.33. The summed E-state index contributed by atoms with van der Waals surface area (Å²) >= 11 is 0. The van der Waals surface area contributed by atoms with Crippen LogP contribution in [-0.2, 0) is 10.8 Å². The minimum absolute atomic E-state index is 0.0969. The van der Waals surface area contributed by atoms with Crippen molar-refractivity contribution in [3.63, 3.8) is 0 Å². The molecule has 0 bridgehead atoms. The quantitative estimate of drug-likeness (QED) is 0.177. The first-order valence-electron chi connectivity index (χ1n) is 21.6. The molecular weight excluding hydrogens is 749 g/mol. The van der Waals surface area contributed by atoms with Crippen molar-refractivity contribution in [2.75, 3.05) is 0 Å². The number of hydrogen-bond acceptors (Lipinski definition) is 2. The first kappa shape index (κ1) is 35.1. The van der Waals surface area contributed by atoms with Crippen LogP contribution in [0.4, 0.5) is 0 Å². The molecule has 9 aromatic carbocycles. The van der Waals surface area contributed by atoms with Crippen LogP contribution in [0.25, 0.3) is 89.2 Å². The molecule has 0 aliphatic heterocycles. The van der Waals surface area contributed by atoms with E-state index in [1.54, 1.807) is 0 Å². The van der Waals surface area contributed by atoms with Crippen molar-refractivity contribution in [3.8, 4) is 78.4 Å². The fourth-order valence-corrected chi connectivity index (χ4v) is 11.2. The van der Waals surface area contributed by atoms with Gasteiger partial charge in [-0.15, -0.1) is 0 Å². The molecular formula is C60H40N2. The van der Waals surface area contributed by atoms with Gasteiger partial charge in [-0.1, -0.05) is 196 Å². The SMILES string of the molecule is CC1(C)c2cc3ccccc3cc2-c2c(-c3ccc(-c4cc(-c5ccc6c(c5)C5(c7ccccc7-c7ccccc75)c5ccccc5-6)nc(-c5ccccc5)n4)cc3)cccc21. The lowest BCUT2D eigenvalue weighted by molar-refractivity contribution is 0.661. The maximum atomic E-state index is 5.33. The summed E-state index contributed by atoms with van der Waals surface area (Å²) in [6.45, 7) is 4.73. The highest BCUT2D eigenvalue weighted by molar-refractivity contribution is 5.99. The fraction of sp³-hybridized carbons (Fsp3) is 0.0667. The van der Waals surface area contributed by atoms with E-state index >= 15 is 0 Å². The lowest BCUT2D eigenvalue weighted by Gasteiger charge is -2.30. The highest BCUT2D eigenvalue weighted by atomic mass is 14.9. The van der Waals surface area contributed by atoms with Crippen LogP contribution < -0.4 is 0 Å². The van der Waals surface area contributed by atoms with Crippen molar-refractivity contribution in [1.82, 2.24) is 9.97 Å². The lowest BCUT2D eigenvalue weighted by atomic mass is 9.70. The molecule has 3 aliphatic rings. The zero-order chi connectivity index (χ0) is 41.2. The molecule has 0 radical (unpaired) electrons. The van der Waals surface area contributed by atoms with Crippen LogP contribution in [0.3, 0.4) is 0 Å². The second kappa shape index (κ2) is 12.9. The molecule has 0 fully saturated rings. The Balaban J connectivity index is 0.959. The number of hydrogen-bond donors (Lipinski definition) is 0. The zero-order valence-electron chi connectivity index (χ0n) is 34.5. The highest BCUT2D eigenvalue weighted by Crippen LogP contribution is 2.63. The first-order chi connectivity index (χ1) is 30.5. The monoisotopic (exact) mass is 788 g/mol. The largest absolute Gasteiger partial charge is 0.228 e. The van der Waals surface area contributed by atoms with Crippen molar-refractivity contribution in [2.24, 2.45) is 0 Å². The molecule has 0 amide bonds. The number of aromatic nitrogens is 2. The molecule has 13 rings (SSSR count). The molecule has 0 saturated heterocycles. The molecule has 1 spiro atoms. The van der Waals surface area contributed by atoms with Gasteiger partial charge in [-0.2, -0.15) is 0 Å². The van der Waals surface area contributed by atoms with E-state index in [0.29, 0.717) is 5.82 Å². The summed E-state index contributed by atoms with van der Waals surface area (Å²) in [5.74, 6) is 0.712. The Morgan fingerprint density at radius 1 is 0.306 bits per heavy atom. The van der Waals surface area contributed by atoms with Crippen molar-refractivity contribution in [1.29, 1.82) is 0 Å². The van der Waals surface area contributed by atoms with Gasteiger partial charge in [0, 0.05) is 22.1 Å². The maximum Gasteiger partial charge on any atom is 0.160 e. The first-order valence-corrected chi connectivity index (χ1v) is 21.6. The molecule has 0 saturated carbocycles. The van der Waals surface area contributed by atoms with E-state index in [-0.39, 0.29) is 5.41 Å². The predicted octanol–water partition coefficient (Wildman–Crippen LogP) is 14.9. The molecule has 0 atom stereocenters. The van der Waals surface area contributed by atoms with Gasteiger partial charge in [0.2, 0.25) is 0 Å². The van der Waals surface area contributed by atoms with Gasteiger partial charge in [0.15, 0.2) is 5.82 Å². The van der Waals surface area contributed by atoms with Gasteiger partial charge in [0.05, 0.1) is 16.8 Å². The molecule has 10 aromatic rings. The molecule has 2 nitrogen and oxygen atoms in total. The van der Waals surface area contributed by atoms with Crippen molar-refractivity contribution < 1.29 is 0 Å². The third-order valence-electron chi connectivity index (χ3n) is 14.1. The van der Waals surface area contributed by atoms with E-state index in [2.05, 4.69) is 214 Å². The third-order valence-corrected chi connectivity index (χ3v) is 14.1. The molecule has 0 N–H and O–H groups in total.